The molecule has 3 aromatic rings. The van der Waals surface area contributed by atoms with Crippen molar-refractivity contribution in [2.75, 3.05) is 23.7 Å². The van der Waals surface area contributed by atoms with Crippen LogP contribution in [0.4, 0.5) is 15.8 Å². The number of amidine groups is 1. The predicted molar refractivity (Wildman–Crippen MR) is 157 cm³/mol. The van der Waals surface area contributed by atoms with Gasteiger partial charge in [0.15, 0.2) is 0 Å². The fourth-order valence-electron chi connectivity index (χ4n) is 4.19. The van der Waals surface area contributed by atoms with Crippen molar-refractivity contribution in [2.45, 2.75) is 44.2 Å². The van der Waals surface area contributed by atoms with Gasteiger partial charge in [-0.3, -0.25) is 4.31 Å². The second kappa shape index (κ2) is 13.3. The van der Waals surface area contributed by atoms with Gasteiger partial charge in [-0.15, -0.1) is 0 Å². The fraction of sp³-hybridized carbons (Fsp3) is 0.276. The van der Waals surface area contributed by atoms with Crippen LogP contribution in [0.25, 0.3) is 0 Å². The molecule has 200 valence electrons. The van der Waals surface area contributed by atoms with E-state index in [1.165, 1.54) is 17.0 Å². The van der Waals surface area contributed by atoms with Crippen molar-refractivity contribution >= 4 is 33.8 Å². The summed E-state index contributed by atoms with van der Waals surface area (Å²) in [4.78, 5) is 5.82. The summed E-state index contributed by atoms with van der Waals surface area (Å²) < 4.78 is 20.8. The summed E-state index contributed by atoms with van der Waals surface area (Å²) in [6.07, 6.45) is 5.58. The summed E-state index contributed by atoms with van der Waals surface area (Å²) >= 11 is 0. The lowest BCUT2D eigenvalue weighted by molar-refractivity contribution is 0.303. The zero-order valence-electron chi connectivity index (χ0n) is 21.9. The van der Waals surface area contributed by atoms with Gasteiger partial charge in [-0.1, -0.05) is 34.4 Å². The number of aliphatic imine (C=N–C) groups is 1. The highest BCUT2D eigenvalue weighted by Crippen LogP contribution is 2.32. The van der Waals surface area contributed by atoms with Gasteiger partial charge in [0.2, 0.25) is 0 Å². The average Bonchev–Trinajstić information content (AvgIpc) is 3.34. The first-order chi connectivity index (χ1) is 18.4. The standard InChI is InChI=1S/C29H35FN6OS/c1-5-6-29(34-26-9-7-23(30)8-10-26)33-22(3)32-25-11-13-28(14-12-25)38(4)36-17-15-24(16-18-36)31-20-27-19-21(2)37-35-27/h5-14,19,24,31,34H,1,4,15-18,20H2,2-3H3,(H,32,33)/b29-6+. The summed E-state index contributed by atoms with van der Waals surface area (Å²) in [5.41, 5.74) is 2.64. The average molecular weight is 535 g/mol. The molecule has 1 unspecified atom stereocenters. The Morgan fingerprint density at radius 2 is 1.79 bits per heavy atom. The minimum atomic E-state index is -0.282. The number of halogens is 1. The van der Waals surface area contributed by atoms with Crippen LogP contribution in [0.5, 0.6) is 0 Å². The van der Waals surface area contributed by atoms with Crippen LogP contribution in [0.1, 0.15) is 31.2 Å². The van der Waals surface area contributed by atoms with E-state index >= 15 is 0 Å². The predicted octanol–water partition coefficient (Wildman–Crippen LogP) is 6.32. The van der Waals surface area contributed by atoms with E-state index in [2.05, 4.69) is 67.1 Å². The summed E-state index contributed by atoms with van der Waals surface area (Å²) in [6, 6.07) is 16.9. The van der Waals surface area contributed by atoms with Gasteiger partial charge in [0.1, 0.15) is 23.2 Å². The van der Waals surface area contributed by atoms with Crippen LogP contribution in [-0.2, 0) is 6.54 Å². The minimum absolute atomic E-state index is 0.215. The van der Waals surface area contributed by atoms with Gasteiger partial charge >= 0.3 is 0 Å². The molecule has 1 aromatic heterocycles. The smallest absolute Gasteiger partial charge is 0.133 e. The number of aryl methyl sites for hydroxylation is 1. The third kappa shape index (κ3) is 7.98. The van der Waals surface area contributed by atoms with Crippen LogP contribution in [0.3, 0.4) is 0 Å². The number of nitrogens with one attached hydrogen (secondary N) is 3. The van der Waals surface area contributed by atoms with Gasteiger partial charge in [0.05, 0.1) is 5.69 Å². The van der Waals surface area contributed by atoms with Crippen LogP contribution in [0.15, 0.2) is 93.6 Å². The van der Waals surface area contributed by atoms with Crippen LogP contribution in [0.2, 0.25) is 0 Å². The van der Waals surface area contributed by atoms with Crippen molar-refractivity contribution in [3.05, 3.63) is 96.4 Å². The fourth-order valence-corrected chi connectivity index (χ4v) is 5.59. The molecule has 1 aliphatic heterocycles. The lowest BCUT2D eigenvalue weighted by Gasteiger charge is -2.34. The Bertz CT molecular complexity index is 1290. The summed E-state index contributed by atoms with van der Waals surface area (Å²) in [7, 11) is -0.215. The number of hydrogen-bond donors (Lipinski definition) is 3. The minimum Gasteiger partial charge on any atom is -0.361 e. The topological polar surface area (TPSA) is 77.7 Å². The monoisotopic (exact) mass is 534 g/mol. The molecule has 0 aliphatic carbocycles. The number of nitrogens with zero attached hydrogens (tertiary/aromatic N) is 3. The normalized spacial score (nSPS) is 16.3. The second-order valence-electron chi connectivity index (χ2n) is 9.14. The van der Waals surface area contributed by atoms with Gasteiger partial charge in [0, 0.05) is 48.0 Å². The highest BCUT2D eigenvalue weighted by molar-refractivity contribution is 8.12. The largest absolute Gasteiger partial charge is 0.361 e. The Balaban J connectivity index is 1.28. The summed E-state index contributed by atoms with van der Waals surface area (Å²) in [5.74, 6) is 6.34. The molecule has 1 atom stereocenters. The molecule has 0 saturated carbocycles. The third-order valence-electron chi connectivity index (χ3n) is 6.15. The molecule has 1 aliphatic rings. The maximum atomic E-state index is 13.2. The molecule has 38 heavy (non-hydrogen) atoms. The Labute approximate surface area is 226 Å². The number of benzene rings is 2. The van der Waals surface area contributed by atoms with E-state index in [4.69, 9.17) is 4.52 Å². The second-order valence-corrected chi connectivity index (χ2v) is 10.9. The Kier molecular flexibility index (Phi) is 9.64. The number of allylic oxidation sites excluding steroid dienone is 2. The molecule has 7 nitrogen and oxygen atoms in total. The van der Waals surface area contributed by atoms with E-state index in [0.717, 1.165) is 55.3 Å². The van der Waals surface area contributed by atoms with E-state index in [1.807, 2.05) is 19.9 Å². The first-order valence-electron chi connectivity index (χ1n) is 12.6. The van der Waals surface area contributed by atoms with Gasteiger partial charge in [-0.05, 0) is 81.3 Å². The highest BCUT2D eigenvalue weighted by atomic mass is 32.2. The highest BCUT2D eigenvalue weighted by Gasteiger charge is 2.21. The number of hydrogen-bond acceptors (Lipinski definition) is 6. The number of aromatic nitrogens is 1. The Morgan fingerprint density at radius 3 is 2.42 bits per heavy atom. The molecule has 4 rings (SSSR count). The van der Waals surface area contributed by atoms with Crippen molar-refractivity contribution in [1.29, 1.82) is 0 Å². The lowest BCUT2D eigenvalue weighted by atomic mass is 10.1. The van der Waals surface area contributed by atoms with E-state index in [1.54, 1.807) is 24.3 Å². The van der Waals surface area contributed by atoms with Crippen molar-refractivity contribution in [3.8, 4) is 0 Å². The molecule has 0 amide bonds. The SMILES string of the molecule is C=C/C=C(\N=C(/C)Nc1ccc(S(=C)N2CCC(NCc3cc(C)on3)CC2)cc1)Nc1ccc(F)cc1. The first kappa shape index (κ1) is 27.5. The molecule has 1 saturated heterocycles. The van der Waals surface area contributed by atoms with E-state index in [9.17, 15) is 4.39 Å². The zero-order chi connectivity index (χ0) is 26.9. The summed E-state index contributed by atoms with van der Waals surface area (Å²) in [5, 5.41) is 14.2. The van der Waals surface area contributed by atoms with Crippen LogP contribution >= 0.6 is 10.7 Å². The van der Waals surface area contributed by atoms with Crippen molar-refractivity contribution in [3.63, 3.8) is 0 Å². The van der Waals surface area contributed by atoms with Crippen LogP contribution in [0, 0.1) is 12.7 Å². The van der Waals surface area contributed by atoms with Crippen molar-refractivity contribution in [2.24, 2.45) is 4.99 Å². The maximum Gasteiger partial charge on any atom is 0.133 e. The molecule has 0 bridgehead atoms. The Morgan fingerprint density at radius 1 is 1.13 bits per heavy atom. The molecule has 2 heterocycles. The molecule has 0 spiro atoms. The van der Waals surface area contributed by atoms with Gasteiger partial charge in [-0.25, -0.2) is 9.38 Å². The zero-order valence-corrected chi connectivity index (χ0v) is 22.7. The number of rotatable bonds is 10. The van der Waals surface area contributed by atoms with E-state index < -0.39 is 0 Å². The molecule has 3 N–H and O–H groups in total. The quantitative estimate of drug-likeness (QED) is 0.122. The van der Waals surface area contributed by atoms with Gasteiger partial charge in [-0.2, -0.15) is 0 Å². The molecular formula is C29H35FN6OS. The van der Waals surface area contributed by atoms with Crippen LogP contribution < -0.4 is 16.0 Å². The molecule has 0 radical (unpaired) electrons. The molecular weight excluding hydrogens is 499 g/mol. The summed E-state index contributed by atoms with van der Waals surface area (Å²) in [6.45, 7) is 10.3. The van der Waals surface area contributed by atoms with Crippen LogP contribution in [-0.4, -0.2) is 40.3 Å². The first-order valence-corrected chi connectivity index (χ1v) is 14.0. The number of anilines is 2. The lowest BCUT2D eigenvalue weighted by Crippen LogP contribution is -2.40. The Hall–Kier alpha value is -3.53. The molecule has 1 fully saturated rings. The molecule has 2 aromatic carbocycles. The van der Waals surface area contributed by atoms with E-state index in [0.29, 0.717) is 17.7 Å². The number of piperidine rings is 1. The molecule has 9 heteroatoms. The van der Waals surface area contributed by atoms with Crippen molar-refractivity contribution in [1.82, 2.24) is 14.8 Å². The maximum absolute atomic E-state index is 13.2. The van der Waals surface area contributed by atoms with Gasteiger partial charge < -0.3 is 20.5 Å². The van der Waals surface area contributed by atoms with E-state index in [-0.39, 0.29) is 16.5 Å². The third-order valence-corrected chi connectivity index (χ3v) is 7.95. The van der Waals surface area contributed by atoms with Crippen molar-refractivity contribution < 1.29 is 8.91 Å². The van der Waals surface area contributed by atoms with Gasteiger partial charge in [0.25, 0.3) is 0 Å².